The molecule has 7 heteroatoms. The Bertz CT molecular complexity index is 822. The fraction of sp³-hybridized carbons (Fsp3) is 0.273. The van der Waals surface area contributed by atoms with Crippen molar-refractivity contribution >= 4 is 11.9 Å². The third kappa shape index (κ3) is 5.29. The zero-order chi connectivity index (χ0) is 20.6. The number of esters is 2. The number of hydrogen-bond acceptors (Lipinski definition) is 7. The first kappa shape index (κ1) is 20.7. The quantitative estimate of drug-likeness (QED) is 0.539. The predicted octanol–water partition coefficient (Wildman–Crippen LogP) is 2.36. The lowest BCUT2D eigenvalue weighted by Crippen LogP contribution is -2.40. The highest BCUT2D eigenvalue weighted by atomic mass is 16.7. The number of rotatable bonds is 8. The van der Waals surface area contributed by atoms with Crippen LogP contribution in [0.4, 0.5) is 0 Å². The molecule has 0 amide bonds. The molecule has 0 spiro atoms. The Labute approximate surface area is 168 Å². The van der Waals surface area contributed by atoms with E-state index in [0.717, 1.165) is 0 Å². The normalized spacial score (nSPS) is 23.3. The van der Waals surface area contributed by atoms with Gasteiger partial charge in [0.05, 0.1) is 17.7 Å². The van der Waals surface area contributed by atoms with Crippen LogP contribution in [0.5, 0.6) is 0 Å². The van der Waals surface area contributed by atoms with E-state index in [9.17, 15) is 14.7 Å². The smallest absolute Gasteiger partial charge is 0.338 e. The lowest BCUT2D eigenvalue weighted by Gasteiger charge is -2.23. The molecule has 1 heterocycles. The maximum atomic E-state index is 12.4. The van der Waals surface area contributed by atoms with Crippen LogP contribution in [-0.4, -0.2) is 54.9 Å². The Morgan fingerprint density at radius 3 is 2.14 bits per heavy atom. The summed E-state index contributed by atoms with van der Waals surface area (Å²) in [4.78, 5) is 24.5. The van der Waals surface area contributed by atoms with Crippen LogP contribution in [-0.2, 0) is 18.9 Å². The molecule has 1 aliphatic rings. The maximum absolute atomic E-state index is 12.4. The summed E-state index contributed by atoms with van der Waals surface area (Å²) >= 11 is 0. The number of aliphatic hydroxyl groups is 1. The fourth-order valence-electron chi connectivity index (χ4n) is 2.93. The summed E-state index contributed by atoms with van der Waals surface area (Å²) in [5, 5.41) is 10.3. The standard InChI is InChI=1S/C22H22O7/c1-2-13-26-18-17(14-27-20(23)15-9-5-3-6-10-15)28-22(25)19(18)29-21(24)16-11-7-4-8-12-16/h2-12,17-19,22,25H,1,13-14H2/t17-,18-,19-,22-/m1/s1. The molecule has 1 N–H and O–H groups in total. The van der Waals surface area contributed by atoms with Gasteiger partial charge in [-0.3, -0.25) is 0 Å². The van der Waals surface area contributed by atoms with E-state index >= 15 is 0 Å². The second kappa shape index (κ2) is 9.97. The number of carbonyl (C=O) groups excluding carboxylic acids is 2. The van der Waals surface area contributed by atoms with E-state index in [1.807, 2.05) is 0 Å². The van der Waals surface area contributed by atoms with Crippen LogP contribution >= 0.6 is 0 Å². The lowest BCUT2D eigenvalue weighted by molar-refractivity contribution is -0.135. The lowest BCUT2D eigenvalue weighted by atomic mass is 10.1. The fourth-order valence-corrected chi connectivity index (χ4v) is 2.93. The van der Waals surface area contributed by atoms with Crippen LogP contribution in [0.25, 0.3) is 0 Å². The van der Waals surface area contributed by atoms with Crippen molar-refractivity contribution < 1.29 is 33.6 Å². The summed E-state index contributed by atoms with van der Waals surface area (Å²) in [5.41, 5.74) is 0.725. The van der Waals surface area contributed by atoms with E-state index in [2.05, 4.69) is 6.58 Å². The molecule has 7 nitrogen and oxygen atoms in total. The molecule has 0 aromatic heterocycles. The van der Waals surface area contributed by atoms with Gasteiger partial charge in [-0.05, 0) is 24.3 Å². The average Bonchev–Trinajstić information content (AvgIpc) is 3.05. The zero-order valence-electron chi connectivity index (χ0n) is 15.7. The van der Waals surface area contributed by atoms with Crippen LogP contribution < -0.4 is 0 Å². The molecule has 0 bridgehead atoms. The SMILES string of the molecule is C=CCO[C@H]1[C@@H](OC(=O)c2ccccc2)[C@H](O)O[C@@H]1COC(=O)c1ccccc1. The first-order chi connectivity index (χ1) is 14.1. The first-order valence-corrected chi connectivity index (χ1v) is 9.14. The van der Waals surface area contributed by atoms with Gasteiger partial charge in [-0.15, -0.1) is 6.58 Å². The minimum absolute atomic E-state index is 0.142. The number of hydrogen-bond donors (Lipinski definition) is 1. The molecular formula is C22H22O7. The molecule has 1 aliphatic heterocycles. The summed E-state index contributed by atoms with van der Waals surface area (Å²) in [6.07, 6.45) is -2.63. The van der Waals surface area contributed by atoms with Crippen molar-refractivity contribution in [2.24, 2.45) is 0 Å². The Hall–Kier alpha value is -3.00. The summed E-state index contributed by atoms with van der Waals surface area (Å²) in [5.74, 6) is -1.15. The number of ether oxygens (including phenoxy) is 4. The molecule has 0 unspecified atom stereocenters. The molecule has 29 heavy (non-hydrogen) atoms. The molecule has 1 fully saturated rings. The van der Waals surface area contributed by atoms with Gasteiger partial charge >= 0.3 is 11.9 Å². The molecular weight excluding hydrogens is 376 g/mol. The van der Waals surface area contributed by atoms with Gasteiger partial charge in [0.15, 0.2) is 12.4 Å². The van der Waals surface area contributed by atoms with Gasteiger partial charge < -0.3 is 24.1 Å². The third-order valence-electron chi connectivity index (χ3n) is 4.33. The zero-order valence-corrected chi connectivity index (χ0v) is 15.7. The number of carbonyl (C=O) groups is 2. The van der Waals surface area contributed by atoms with E-state index in [0.29, 0.717) is 11.1 Å². The molecule has 2 aromatic rings. The summed E-state index contributed by atoms with van der Waals surface area (Å²) < 4.78 is 21.8. The second-order valence-electron chi connectivity index (χ2n) is 6.35. The number of aliphatic hydroxyl groups excluding tert-OH is 1. The van der Waals surface area contributed by atoms with Crippen LogP contribution in [0.2, 0.25) is 0 Å². The van der Waals surface area contributed by atoms with Crippen molar-refractivity contribution in [3.05, 3.63) is 84.4 Å². The van der Waals surface area contributed by atoms with Crippen molar-refractivity contribution in [2.45, 2.75) is 24.6 Å². The van der Waals surface area contributed by atoms with Gasteiger partial charge in [0, 0.05) is 0 Å². The number of benzene rings is 2. The molecule has 152 valence electrons. The van der Waals surface area contributed by atoms with Crippen LogP contribution in [0.15, 0.2) is 73.3 Å². The van der Waals surface area contributed by atoms with Crippen molar-refractivity contribution in [1.82, 2.24) is 0 Å². The Balaban J connectivity index is 1.66. The molecule has 0 saturated carbocycles. The average molecular weight is 398 g/mol. The van der Waals surface area contributed by atoms with Gasteiger partial charge in [-0.2, -0.15) is 0 Å². The molecule has 4 atom stereocenters. The molecule has 2 aromatic carbocycles. The second-order valence-corrected chi connectivity index (χ2v) is 6.35. The minimum atomic E-state index is -1.42. The molecule has 3 rings (SSSR count). The van der Waals surface area contributed by atoms with E-state index in [1.54, 1.807) is 60.7 Å². The van der Waals surface area contributed by atoms with Gasteiger partial charge in [-0.1, -0.05) is 42.5 Å². The topological polar surface area (TPSA) is 91.3 Å². The van der Waals surface area contributed by atoms with E-state index in [1.165, 1.54) is 6.08 Å². The highest BCUT2D eigenvalue weighted by molar-refractivity contribution is 5.89. The highest BCUT2D eigenvalue weighted by Crippen LogP contribution is 2.27. The van der Waals surface area contributed by atoms with E-state index in [-0.39, 0.29) is 13.2 Å². The van der Waals surface area contributed by atoms with Crippen LogP contribution in [0.3, 0.4) is 0 Å². The monoisotopic (exact) mass is 398 g/mol. The molecule has 0 radical (unpaired) electrons. The van der Waals surface area contributed by atoms with Crippen molar-refractivity contribution in [2.75, 3.05) is 13.2 Å². The van der Waals surface area contributed by atoms with E-state index < -0.39 is 36.5 Å². The predicted molar refractivity (Wildman–Crippen MR) is 103 cm³/mol. The third-order valence-corrected chi connectivity index (χ3v) is 4.33. The summed E-state index contributed by atoms with van der Waals surface area (Å²) in [6, 6.07) is 16.9. The first-order valence-electron chi connectivity index (χ1n) is 9.14. The minimum Gasteiger partial charge on any atom is -0.459 e. The largest absolute Gasteiger partial charge is 0.459 e. The van der Waals surface area contributed by atoms with Crippen LogP contribution in [0, 0.1) is 0 Å². The maximum Gasteiger partial charge on any atom is 0.338 e. The summed E-state index contributed by atoms with van der Waals surface area (Å²) in [6.45, 7) is 3.56. The molecule has 0 aliphatic carbocycles. The van der Waals surface area contributed by atoms with Crippen molar-refractivity contribution in [3.8, 4) is 0 Å². The van der Waals surface area contributed by atoms with E-state index in [4.69, 9.17) is 18.9 Å². The van der Waals surface area contributed by atoms with Gasteiger partial charge in [0.2, 0.25) is 0 Å². The summed E-state index contributed by atoms with van der Waals surface area (Å²) in [7, 11) is 0. The Kier molecular flexibility index (Phi) is 7.13. The van der Waals surface area contributed by atoms with Gasteiger partial charge in [-0.25, -0.2) is 9.59 Å². The van der Waals surface area contributed by atoms with Gasteiger partial charge in [0.1, 0.15) is 18.8 Å². The Morgan fingerprint density at radius 1 is 0.966 bits per heavy atom. The van der Waals surface area contributed by atoms with Crippen LogP contribution in [0.1, 0.15) is 20.7 Å². The van der Waals surface area contributed by atoms with Crippen molar-refractivity contribution in [3.63, 3.8) is 0 Å². The molecule has 1 saturated heterocycles. The van der Waals surface area contributed by atoms with Gasteiger partial charge in [0.25, 0.3) is 0 Å². The Morgan fingerprint density at radius 2 is 1.55 bits per heavy atom. The van der Waals surface area contributed by atoms with Crippen molar-refractivity contribution in [1.29, 1.82) is 0 Å². The highest BCUT2D eigenvalue weighted by Gasteiger charge is 2.48.